The molecule has 6 nitrogen and oxygen atoms in total. The van der Waals surface area contributed by atoms with Gasteiger partial charge in [-0.3, -0.25) is 0 Å². The second-order valence-corrected chi connectivity index (χ2v) is 8.93. The number of nitrogens with zero attached hydrogens (tertiary/aromatic N) is 2. The van der Waals surface area contributed by atoms with Gasteiger partial charge in [0.2, 0.25) is 0 Å². The predicted molar refractivity (Wildman–Crippen MR) is 111 cm³/mol. The number of nitrogens with one attached hydrogen (secondary N) is 1. The van der Waals surface area contributed by atoms with Crippen molar-refractivity contribution in [3.05, 3.63) is 47.1 Å². The van der Waals surface area contributed by atoms with Crippen LogP contribution in [0.5, 0.6) is 0 Å². The zero-order valence-corrected chi connectivity index (χ0v) is 17.9. The van der Waals surface area contributed by atoms with Gasteiger partial charge < -0.3 is 20.0 Å². The van der Waals surface area contributed by atoms with Crippen LogP contribution in [0.25, 0.3) is 0 Å². The maximum atomic E-state index is 14.3. The first-order valence-electron chi connectivity index (χ1n) is 11.0. The van der Waals surface area contributed by atoms with Gasteiger partial charge in [0.15, 0.2) is 0 Å². The van der Waals surface area contributed by atoms with E-state index in [2.05, 4.69) is 15.3 Å². The van der Waals surface area contributed by atoms with Crippen LogP contribution in [0.1, 0.15) is 61.7 Å². The minimum Gasteiger partial charge on any atom is -0.387 e. The molecular formula is C23H28F3N3O3. The Bertz CT molecular complexity index is 911. The summed E-state index contributed by atoms with van der Waals surface area (Å²) in [6.45, 7) is 3.58. The van der Waals surface area contributed by atoms with Gasteiger partial charge in [-0.05, 0) is 42.7 Å². The second kappa shape index (κ2) is 9.03. The first-order valence-corrected chi connectivity index (χ1v) is 11.0. The molecule has 32 heavy (non-hydrogen) atoms. The molecule has 2 aliphatic carbocycles. The quantitative estimate of drug-likeness (QED) is 0.646. The number of fused-ring (bicyclic) bond motifs is 1. The summed E-state index contributed by atoms with van der Waals surface area (Å²) in [7, 11) is 0. The molecule has 1 aromatic rings. The van der Waals surface area contributed by atoms with Gasteiger partial charge in [0, 0.05) is 32.0 Å². The maximum Gasteiger partial charge on any atom is 0.405 e. The molecule has 4 rings (SSSR count). The van der Waals surface area contributed by atoms with Crippen molar-refractivity contribution in [1.29, 1.82) is 0 Å². The van der Waals surface area contributed by atoms with E-state index < -0.39 is 30.0 Å². The number of aliphatic hydroxyl groups is 1. The summed E-state index contributed by atoms with van der Waals surface area (Å²) in [6.07, 6.45) is 2.29. The van der Waals surface area contributed by atoms with Gasteiger partial charge in [-0.2, -0.15) is 13.2 Å². The summed E-state index contributed by atoms with van der Waals surface area (Å²) in [4.78, 5) is 19.9. The van der Waals surface area contributed by atoms with Crippen molar-refractivity contribution in [2.24, 2.45) is 5.92 Å². The fourth-order valence-corrected chi connectivity index (χ4v) is 4.71. The molecule has 1 aromatic heterocycles. The Kier molecular flexibility index (Phi) is 6.51. The van der Waals surface area contributed by atoms with Crippen molar-refractivity contribution < 1.29 is 27.8 Å². The monoisotopic (exact) mass is 451 g/mol. The molecule has 0 saturated carbocycles. The van der Waals surface area contributed by atoms with E-state index in [0.29, 0.717) is 37.3 Å². The van der Waals surface area contributed by atoms with Crippen molar-refractivity contribution >= 4 is 6.29 Å². The number of alkyl halides is 3. The van der Waals surface area contributed by atoms with Crippen molar-refractivity contribution in [3.8, 4) is 0 Å². The fourth-order valence-electron chi connectivity index (χ4n) is 4.71. The molecule has 2 heterocycles. The molecule has 2 unspecified atom stereocenters. The number of hydrogen-bond acceptors (Lipinski definition) is 6. The van der Waals surface area contributed by atoms with Crippen LogP contribution in [0.15, 0.2) is 30.0 Å². The normalized spacial score (nSPS) is 29.5. The van der Waals surface area contributed by atoms with Crippen LogP contribution in [-0.2, 0) is 14.9 Å². The Balaban J connectivity index is 1.55. The highest BCUT2D eigenvalue weighted by Crippen LogP contribution is 2.48. The number of ether oxygens (including phenoxy) is 1. The highest BCUT2D eigenvalue weighted by atomic mass is 19.4. The number of allylic oxidation sites excluding steroid dienone is 3. The average molecular weight is 451 g/mol. The predicted octanol–water partition coefficient (Wildman–Crippen LogP) is 3.29. The standard InChI is InChI=1S/C23H28F3N3O3/c1-14-10-19(31)20-18(14)12-28-21(29-20)22(23(24,25)26)6-2-15(3-7-22)16(13-30)11-27-17-4-8-32-9-5-17/h2-3,6,12-14,16-17,19,27,31H,4-5,7-11H2,1H3/t14-,16?,19-,22?/m1/s1. The number of halogens is 3. The Morgan fingerprint density at radius 2 is 2.12 bits per heavy atom. The van der Waals surface area contributed by atoms with E-state index in [1.54, 1.807) is 0 Å². The van der Waals surface area contributed by atoms with Crippen LogP contribution in [0.4, 0.5) is 13.2 Å². The molecule has 0 bridgehead atoms. The van der Waals surface area contributed by atoms with E-state index in [1.165, 1.54) is 18.3 Å². The van der Waals surface area contributed by atoms with Gasteiger partial charge in [0.1, 0.15) is 17.5 Å². The smallest absolute Gasteiger partial charge is 0.387 e. The minimum absolute atomic E-state index is 0.000796. The third-order valence-electron chi connectivity index (χ3n) is 6.84. The average Bonchev–Trinajstić information content (AvgIpc) is 3.07. The summed E-state index contributed by atoms with van der Waals surface area (Å²) in [5.41, 5.74) is -0.872. The minimum atomic E-state index is -4.63. The topological polar surface area (TPSA) is 84.3 Å². The molecule has 174 valence electrons. The number of carbonyl (C=O) groups excluding carboxylic acids is 1. The number of aliphatic hydroxyl groups excluding tert-OH is 1. The van der Waals surface area contributed by atoms with Crippen molar-refractivity contribution in [3.63, 3.8) is 0 Å². The number of aldehydes is 1. The molecule has 1 fully saturated rings. The number of hydrogen-bond donors (Lipinski definition) is 2. The lowest BCUT2D eigenvalue weighted by atomic mass is 9.76. The lowest BCUT2D eigenvalue weighted by molar-refractivity contribution is -0.177. The Hall–Kier alpha value is -2.10. The Labute approximate surface area is 185 Å². The largest absolute Gasteiger partial charge is 0.405 e. The molecule has 1 saturated heterocycles. The molecule has 3 aliphatic rings. The molecule has 0 spiro atoms. The van der Waals surface area contributed by atoms with Gasteiger partial charge in [0.25, 0.3) is 0 Å². The summed E-state index contributed by atoms with van der Waals surface area (Å²) >= 11 is 0. The van der Waals surface area contributed by atoms with Crippen LogP contribution in [0, 0.1) is 5.92 Å². The van der Waals surface area contributed by atoms with Gasteiger partial charge >= 0.3 is 6.18 Å². The van der Waals surface area contributed by atoms with Crippen molar-refractivity contribution in [2.45, 2.75) is 62.3 Å². The van der Waals surface area contributed by atoms with Crippen LogP contribution in [0.3, 0.4) is 0 Å². The van der Waals surface area contributed by atoms with Gasteiger partial charge in [-0.25, -0.2) is 9.97 Å². The third-order valence-corrected chi connectivity index (χ3v) is 6.84. The second-order valence-electron chi connectivity index (χ2n) is 8.93. The molecule has 0 radical (unpaired) electrons. The molecule has 2 N–H and O–H groups in total. The number of aromatic nitrogens is 2. The SMILES string of the molecule is C[C@@H]1C[C@@H](O)c2nc(C3(C(F)(F)F)C=CC(C(C=O)CNC4CCOCC4)=CC3)ncc21. The third kappa shape index (κ3) is 4.25. The molecule has 9 heteroatoms. The van der Waals surface area contributed by atoms with Gasteiger partial charge in [-0.1, -0.05) is 25.2 Å². The molecule has 1 aliphatic heterocycles. The molecule has 0 amide bonds. The zero-order chi connectivity index (χ0) is 22.9. The zero-order valence-electron chi connectivity index (χ0n) is 17.9. The first-order chi connectivity index (χ1) is 15.2. The highest BCUT2D eigenvalue weighted by Gasteiger charge is 2.57. The summed E-state index contributed by atoms with van der Waals surface area (Å²) in [6, 6.07) is 0.238. The van der Waals surface area contributed by atoms with E-state index >= 15 is 0 Å². The summed E-state index contributed by atoms with van der Waals surface area (Å²) < 4.78 is 48.2. The Morgan fingerprint density at radius 1 is 1.38 bits per heavy atom. The van der Waals surface area contributed by atoms with E-state index in [9.17, 15) is 23.1 Å². The van der Waals surface area contributed by atoms with E-state index in [4.69, 9.17) is 4.74 Å². The molecular weight excluding hydrogens is 423 g/mol. The Morgan fingerprint density at radius 3 is 2.75 bits per heavy atom. The van der Waals surface area contributed by atoms with E-state index in [-0.39, 0.29) is 23.5 Å². The first kappa shape index (κ1) is 23.1. The van der Waals surface area contributed by atoms with Crippen molar-refractivity contribution in [2.75, 3.05) is 19.8 Å². The maximum absolute atomic E-state index is 14.3. The van der Waals surface area contributed by atoms with E-state index in [1.807, 2.05) is 6.92 Å². The van der Waals surface area contributed by atoms with Crippen LogP contribution in [-0.4, -0.2) is 53.3 Å². The van der Waals surface area contributed by atoms with Crippen LogP contribution in [0.2, 0.25) is 0 Å². The van der Waals surface area contributed by atoms with Gasteiger partial charge in [0.05, 0.1) is 17.7 Å². The van der Waals surface area contributed by atoms with Crippen LogP contribution < -0.4 is 5.32 Å². The lowest BCUT2D eigenvalue weighted by Gasteiger charge is -2.34. The molecule has 0 aromatic carbocycles. The van der Waals surface area contributed by atoms with Crippen molar-refractivity contribution in [1.82, 2.24) is 15.3 Å². The number of carbonyl (C=O) groups is 1. The van der Waals surface area contributed by atoms with Crippen LogP contribution >= 0.6 is 0 Å². The fraction of sp³-hybridized carbons (Fsp3) is 0.609. The van der Waals surface area contributed by atoms with E-state index in [0.717, 1.165) is 25.2 Å². The highest BCUT2D eigenvalue weighted by molar-refractivity contribution is 5.62. The van der Waals surface area contributed by atoms with Gasteiger partial charge in [-0.15, -0.1) is 0 Å². The molecule has 4 atom stereocenters. The summed E-state index contributed by atoms with van der Waals surface area (Å²) in [5, 5.41) is 13.5. The summed E-state index contributed by atoms with van der Waals surface area (Å²) in [5.74, 6) is -0.906. The number of rotatable bonds is 6. The lowest BCUT2D eigenvalue weighted by Crippen LogP contribution is -2.43.